The standard InChI is InChI=1S/C15H28N2O3.ClH/c1-4-5-13(15(19)20)16-11(3)14(18)17-12-8-6-10(2)7-9-12;/h10-13,16H,4-9H2,1-3H3,(H,17,18)(H,19,20);1H. The zero-order chi connectivity index (χ0) is 15.1. The van der Waals surface area contributed by atoms with E-state index in [1.165, 1.54) is 0 Å². The predicted molar refractivity (Wildman–Crippen MR) is 85.7 cm³/mol. The lowest BCUT2D eigenvalue weighted by Gasteiger charge is -2.28. The van der Waals surface area contributed by atoms with Crippen LogP contribution in [0, 0.1) is 5.92 Å². The van der Waals surface area contributed by atoms with E-state index in [2.05, 4.69) is 17.6 Å². The number of carboxylic acids is 1. The molecule has 0 bridgehead atoms. The second kappa shape index (κ2) is 10.0. The van der Waals surface area contributed by atoms with Crippen molar-refractivity contribution in [3.63, 3.8) is 0 Å². The van der Waals surface area contributed by atoms with Gasteiger partial charge in [0.25, 0.3) is 0 Å². The van der Waals surface area contributed by atoms with Gasteiger partial charge in [-0.2, -0.15) is 0 Å². The molecule has 0 radical (unpaired) electrons. The lowest BCUT2D eigenvalue weighted by molar-refractivity contribution is -0.140. The predicted octanol–water partition coefficient (Wildman–Crippen LogP) is 2.33. The normalized spacial score (nSPS) is 24.5. The van der Waals surface area contributed by atoms with Gasteiger partial charge in [0, 0.05) is 6.04 Å². The first-order valence-corrected chi connectivity index (χ1v) is 7.73. The van der Waals surface area contributed by atoms with E-state index in [4.69, 9.17) is 5.11 Å². The highest BCUT2D eigenvalue weighted by molar-refractivity contribution is 5.85. The average molecular weight is 321 g/mol. The molecule has 1 rings (SSSR count). The zero-order valence-corrected chi connectivity index (χ0v) is 14.0. The minimum atomic E-state index is -0.891. The second-order valence-electron chi connectivity index (χ2n) is 6.03. The summed E-state index contributed by atoms with van der Waals surface area (Å²) < 4.78 is 0. The molecule has 1 fully saturated rings. The third-order valence-corrected chi connectivity index (χ3v) is 4.08. The lowest BCUT2D eigenvalue weighted by Crippen LogP contribution is -2.51. The average Bonchev–Trinajstić information content (AvgIpc) is 2.40. The Bertz CT molecular complexity index is 331. The molecule has 0 spiro atoms. The third-order valence-electron chi connectivity index (χ3n) is 4.08. The summed E-state index contributed by atoms with van der Waals surface area (Å²) in [6.45, 7) is 5.91. The van der Waals surface area contributed by atoms with Crippen molar-refractivity contribution in [3.05, 3.63) is 0 Å². The van der Waals surface area contributed by atoms with Gasteiger partial charge in [-0.3, -0.25) is 14.9 Å². The van der Waals surface area contributed by atoms with Crippen molar-refractivity contribution in [2.75, 3.05) is 0 Å². The molecule has 1 saturated carbocycles. The SMILES string of the molecule is CCCC(NC(C)C(=O)NC1CCC(C)CC1)C(=O)O.Cl. The van der Waals surface area contributed by atoms with Gasteiger partial charge in [0.1, 0.15) is 6.04 Å². The minimum Gasteiger partial charge on any atom is -0.480 e. The molecule has 21 heavy (non-hydrogen) atoms. The molecule has 6 heteroatoms. The van der Waals surface area contributed by atoms with Gasteiger partial charge in [-0.15, -0.1) is 12.4 Å². The van der Waals surface area contributed by atoms with Crippen molar-refractivity contribution in [2.24, 2.45) is 5.92 Å². The molecule has 1 amide bonds. The summed E-state index contributed by atoms with van der Waals surface area (Å²) in [6, 6.07) is -0.869. The largest absolute Gasteiger partial charge is 0.480 e. The second-order valence-corrected chi connectivity index (χ2v) is 6.03. The fourth-order valence-corrected chi connectivity index (χ4v) is 2.67. The summed E-state index contributed by atoms with van der Waals surface area (Å²) in [4.78, 5) is 23.2. The van der Waals surface area contributed by atoms with Crippen molar-refractivity contribution in [1.29, 1.82) is 0 Å². The number of carbonyl (C=O) groups is 2. The number of hydrogen-bond donors (Lipinski definition) is 3. The van der Waals surface area contributed by atoms with Crippen LogP contribution in [-0.4, -0.2) is 35.1 Å². The van der Waals surface area contributed by atoms with Gasteiger partial charge in [-0.05, 0) is 44.9 Å². The van der Waals surface area contributed by atoms with Gasteiger partial charge < -0.3 is 10.4 Å². The number of hydrogen-bond acceptors (Lipinski definition) is 3. The fraction of sp³-hybridized carbons (Fsp3) is 0.867. The van der Waals surface area contributed by atoms with Crippen LogP contribution >= 0.6 is 12.4 Å². The highest BCUT2D eigenvalue weighted by atomic mass is 35.5. The molecule has 0 aromatic carbocycles. The highest BCUT2D eigenvalue weighted by Crippen LogP contribution is 2.23. The maximum absolute atomic E-state index is 12.1. The van der Waals surface area contributed by atoms with Crippen molar-refractivity contribution >= 4 is 24.3 Å². The number of carboxylic acid groups (broad SMARTS) is 1. The van der Waals surface area contributed by atoms with Crippen LogP contribution < -0.4 is 10.6 Å². The Morgan fingerprint density at radius 3 is 2.29 bits per heavy atom. The van der Waals surface area contributed by atoms with E-state index < -0.39 is 18.1 Å². The molecule has 5 nitrogen and oxygen atoms in total. The van der Waals surface area contributed by atoms with Crippen LogP contribution in [-0.2, 0) is 9.59 Å². The summed E-state index contributed by atoms with van der Waals surface area (Å²) in [5, 5.41) is 15.0. The smallest absolute Gasteiger partial charge is 0.320 e. The van der Waals surface area contributed by atoms with E-state index in [1.807, 2.05) is 6.92 Å². The number of rotatable bonds is 7. The zero-order valence-electron chi connectivity index (χ0n) is 13.2. The number of halogens is 1. The van der Waals surface area contributed by atoms with E-state index in [0.29, 0.717) is 6.42 Å². The van der Waals surface area contributed by atoms with Crippen LogP contribution in [0.5, 0.6) is 0 Å². The Morgan fingerprint density at radius 1 is 1.24 bits per heavy atom. The summed E-state index contributed by atoms with van der Waals surface area (Å²) >= 11 is 0. The fourth-order valence-electron chi connectivity index (χ4n) is 2.67. The van der Waals surface area contributed by atoms with Crippen molar-refractivity contribution in [1.82, 2.24) is 10.6 Å². The molecule has 0 saturated heterocycles. The van der Waals surface area contributed by atoms with Gasteiger partial charge in [0.15, 0.2) is 0 Å². The Kier molecular flexibility index (Phi) is 9.62. The van der Waals surface area contributed by atoms with Crippen LogP contribution in [0.15, 0.2) is 0 Å². The molecule has 0 aliphatic heterocycles. The lowest BCUT2D eigenvalue weighted by atomic mass is 9.87. The summed E-state index contributed by atoms with van der Waals surface area (Å²) in [5.74, 6) is -0.232. The monoisotopic (exact) mass is 320 g/mol. The first-order chi connectivity index (χ1) is 9.43. The summed E-state index contributed by atoms with van der Waals surface area (Å²) in [5.41, 5.74) is 0. The van der Waals surface area contributed by atoms with E-state index in [0.717, 1.165) is 38.0 Å². The molecule has 0 heterocycles. The number of amides is 1. The maximum Gasteiger partial charge on any atom is 0.320 e. The first kappa shape index (κ1) is 20.2. The van der Waals surface area contributed by atoms with Gasteiger partial charge in [0.05, 0.1) is 6.04 Å². The van der Waals surface area contributed by atoms with E-state index in [1.54, 1.807) is 6.92 Å². The molecule has 0 aromatic heterocycles. The van der Waals surface area contributed by atoms with Crippen molar-refractivity contribution in [3.8, 4) is 0 Å². The van der Waals surface area contributed by atoms with Crippen LogP contribution in [0.2, 0.25) is 0 Å². The highest BCUT2D eigenvalue weighted by Gasteiger charge is 2.25. The topological polar surface area (TPSA) is 78.4 Å². The van der Waals surface area contributed by atoms with Gasteiger partial charge in [0.2, 0.25) is 5.91 Å². The van der Waals surface area contributed by atoms with Crippen LogP contribution in [0.25, 0.3) is 0 Å². The van der Waals surface area contributed by atoms with Crippen molar-refractivity contribution < 1.29 is 14.7 Å². The van der Waals surface area contributed by atoms with E-state index in [9.17, 15) is 9.59 Å². The molecule has 124 valence electrons. The Morgan fingerprint density at radius 2 is 1.81 bits per heavy atom. The number of nitrogens with one attached hydrogen (secondary N) is 2. The van der Waals surface area contributed by atoms with Gasteiger partial charge >= 0.3 is 5.97 Å². The van der Waals surface area contributed by atoms with Gasteiger partial charge in [-0.25, -0.2) is 0 Å². The summed E-state index contributed by atoms with van der Waals surface area (Å²) in [7, 11) is 0. The molecular formula is C15H29ClN2O3. The maximum atomic E-state index is 12.1. The molecular weight excluding hydrogens is 292 g/mol. The van der Waals surface area contributed by atoms with Crippen molar-refractivity contribution in [2.45, 2.75) is 77.4 Å². The minimum absolute atomic E-state index is 0. The number of carbonyl (C=O) groups excluding carboxylic acids is 1. The van der Waals surface area contributed by atoms with Crippen LogP contribution in [0.3, 0.4) is 0 Å². The Balaban J connectivity index is 0.00000400. The summed E-state index contributed by atoms with van der Waals surface area (Å²) in [6.07, 6.45) is 5.67. The molecule has 1 aliphatic carbocycles. The Hall–Kier alpha value is -0.810. The number of aliphatic carboxylic acids is 1. The molecule has 2 atom stereocenters. The van der Waals surface area contributed by atoms with E-state index >= 15 is 0 Å². The third kappa shape index (κ3) is 7.14. The van der Waals surface area contributed by atoms with Gasteiger partial charge in [-0.1, -0.05) is 20.3 Å². The quantitative estimate of drug-likeness (QED) is 0.672. The first-order valence-electron chi connectivity index (χ1n) is 7.73. The van der Waals surface area contributed by atoms with Crippen LogP contribution in [0.4, 0.5) is 0 Å². The Labute approximate surface area is 133 Å². The molecule has 2 unspecified atom stereocenters. The molecule has 3 N–H and O–H groups in total. The van der Waals surface area contributed by atoms with Crippen LogP contribution in [0.1, 0.15) is 59.3 Å². The molecule has 0 aromatic rings. The van der Waals surface area contributed by atoms with E-state index in [-0.39, 0.29) is 24.4 Å². The molecule has 1 aliphatic rings.